The van der Waals surface area contributed by atoms with E-state index in [4.69, 9.17) is 27.9 Å². The van der Waals surface area contributed by atoms with Crippen molar-refractivity contribution in [2.24, 2.45) is 22.2 Å². The van der Waals surface area contributed by atoms with Crippen molar-refractivity contribution >= 4 is 46.7 Å². The lowest BCUT2D eigenvalue weighted by atomic mass is 9.62. The van der Waals surface area contributed by atoms with Crippen LogP contribution in [0.4, 0.5) is 5.69 Å². The molecule has 7 nitrogen and oxygen atoms in total. The number of ether oxygens (including phenoxy) is 1. The number of carboxylic acids is 1. The van der Waals surface area contributed by atoms with Gasteiger partial charge in [-0.05, 0) is 85.1 Å². The lowest BCUT2D eigenvalue weighted by molar-refractivity contribution is -0.146. The molecule has 0 spiro atoms. The Morgan fingerprint density at radius 1 is 1.09 bits per heavy atom. The maximum atomic E-state index is 14.2. The molecular weight excluding hydrogens is 635 g/mol. The molecule has 0 heterocycles. The van der Waals surface area contributed by atoms with Gasteiger partial charge in [-0.3, -0.25) is 9.59 Å². The highest BCUT2D eigenvalue weighted by atomic mass is 35.5. The number of benzene rings is 2. The second-order valence-electron chi connectivity index (χ2n) is 15.2. The van der Waals surface area contributed by atoms with Crippen LogP contribution in [-0.4, -0.2) is 35.5 Å². The summed E-state index contributed by atoms with van der Waals surface area (Å²) in [6.07, 6.45) is 9.66. The zero-order valence-electron chi connectivity index (χ0n) is 28.6. The van der Waals surface area contributed by atoms with Crippen molar-refractivity contribution < 1.29 is 24.2 Å². The topological polar surface area (TPSA) is 105 Å². The molecule has 0 aromatic heterocycles. The fourth-order valence-electron chi connectivity index (χ4n) is 8.32. The molecule has 3 N–H and O–H groups in total. The highest BCUT2D eigenvalue weighted by Gasteiger charge is 2.63. The average molecular weight is 686 g/mol. The molecule has 2 aliphatic carbocycles. The van der Waals surface area contributed by atoms with E-state index in [-0.39, 0.29) is 38.3 Å². The smallest absolute Gasteiger partial charge is 0.330 e. The zero-order valence-corrected chi connectivity index (χ0v) is 30.1. The largest absolute Gasteiger partial charge is 0.497 e. The molecule has 2 saturated carbocycles. The van der Waals surface area contributed by atoms with E-state index < -0.39 is 22.8 Å². The number of amides is 2. The van der Waals surface area contributed by atoms with Crippen molar-refractivity contribution in [2.75, 3.05) is 12.4 Å². The number of aliphatic carboxylic acids is 1. The Morgan fingerprint density at radius 2 is 1.68 bits per heavy atom. The maximum Gasteiger partial charge on any atom is 0.330 e. The van der Waals surface area contributed by atoms with Gasteiger partial charge in [0, 0.05) is 17.0 Å². The number of anilines is 1. The summed E-state index contributed by atoms with van der Waals surface area (Å²) < 4.78 is 5.15. The number of hydrogen-bond acceptors (Lipinski definition) is 4. The van der Waals surface area contributed by atoms with Crippen molar-refractivity contribution in [3.8, 4) is 5.75 Å². The van der Waals surface area contributed by atoms with Crippen molar-refractivity contribution in [2.45, 2.75) is 104 Å². The minimum Gasteiger partial charge on any atom is -0.497 e. The van der Waals surface area contributed by atoms with Crippen LogP contribution in [0.5, 0.6) is 5.75 Å². The van der Waals surface area contributed by atoms with E-state index in [2.05, 4.69) is 57.9 Å². The fraction of sp³-hybridized carbons (Fsp3) is 0.553. The van der Waals surface area contributed by atoms with E-state index >= 15 is 0 Å². The molecule has 256 valence electrons. The van der Waals surface area contributed by atoms with E-state index in [0.29, 0.717) is 30.2 Å². The molecule has 0 bridgehead atoms. The Bertz CT molecular complexity index is 1470. The third-order valence-electron chi connectivity index (χ3n) is 10.4. The second kappa shape index (κ2) is 14.2. The van der Waals surface area contributed by atoms with E-state index in [1.54, 1.807) is 24.3 Å². The van der Waals surface area contributed by atoms with Crippen LogP contribution in [0, 0.1) is 22.2 Å². The first-order chi connectivity index (χ1) is 22.0. The third kappa shape index (κ3) is 8.00. The number of carbonyl (C=O) groups excluding carboxylic acids is 2. The molecule has 0 radical (unpaired) electrons. The molecule has 3 unspecified atom stereocenters. The predicted molar refractivity (Wildman–Crippen MR) is 190 cm³/mol. The van der Waals surface area contributed by atoms with Crippen LogP contribution >= 0.6 is 23.2 Å². The van der Waals surface area contributed by atoms with E-state index in [1.165, 1.54) is 19.2 Å². The molecule has 2 aromatic rings. The van der Waals surface area contributed by atoms with Gasteiger partial charge in [-0.25, -0.2) is 4.79 Å². The van der Waals surface area contributed by atoms with Gasteiger partial charge in [0.1, 0.15) is 11.3 Å². The Kier molecular flexibility index (Phi) is 11.1. The average Bonchev–Trinajstić information content (AvgIpc) is 3.53. The Balaban J connectivity index is 1.47. The SMILES string of the molecule is C=CC(CCC)C(C)(C)CC(C)(C)CC1(C(=O)NC2(C(=O)O)CC2c2ccc(NC(=O)c3c(Cl)cc(OC)cc3Cl)cc2)CCCC1. The summed E-state index contributed by atoms with van der Waals surface area (Å²) in [4.78, 5) is 39.9. The molecule has 2 amide bonds. The Morgan fingerprint density at radius 3 is 2.19 bits per heavy atom. The van der Waals surface area contributed by atoms with Gasteiger partial charge in [-0.2, -0.15) is 0 Å². The number of carbonyl (C=O) groups is 3. The summed E-state index contributed by atoms with van der Waals surface area (Å²) in [7, 11) is 1.48. The molecule has 2 aromatic carbocycles. The summed E-state index contributed by atoms with van der Waals surface area (Å²) in [5.74, 6) is -1.20. The van der Waals surface area contributed by atoms with Gasteiger partial charge in [0.25, 0.3) is 5.91 Å². The molecule has 4 rings (SSSR count). The molecule has 47 heavy (non-hydrogen) atoms. The van der Waals surface area contributed by atoms with Crippen LogP contribution in [0.2, 0.25) is 10.0 Å². The summed E-state index contributed by atoms with van der Waals surface area (Å²) in [5, 5.41) is 16.6. The highest BCUT2D eigenvalue weighted by molar-refractivity contribution is 6.40. The number of halogens is 2. The van der Waals surface area contributed by atoms with Crippen LogP contribution in [0.25, 0.3) is 0 Å². The molecule has 0 aliphatic heterocycles. The van der Waals surface area contributed by atoms with Gasteiger partial charge in [0.2, 0.25) is 5.91 Å². The van der Waals surface area contributed by atoms with Crippen LogP contribution < -0.4 is 15.4 Å². The van der Waals surface area contributed by atoms with Crippen molar-refractivity contribution in [1.82, 2.24) is 5.32 Å². The van der Waals surface area contributed by atoms with E-state index in [0.717, 1.165) is 50.5 Å². The van der Waals surface area contributed by atoms with Gasteiger partial charge < -0.3 is 20.5 Å². The van der Waals surface area contributed by atoms with Crippen LogP contribution in [0.3, 0.4) is 0 Å². The molecule has 3 atom stereocenters. The number of hydrogen-bond donors (Lipinski definition) is 3. The first-order valence-electron chi connectivity index (χ1n) is 16.7. The number of allylic oxidation sites excluding steroid dienone is 1. The first-order valence-corrected chi connectivity index (χ1v) is 17.4. The van der Waals surface area contributed by atoms with E-state index in [1.807, 2.05) is 0 Å². The predicted octanol–water partition coefficient (Wildman–Crippen LogP) is 9.68. The number of carboxylic acid groups (broad SMARTS) is 1. The highest BCUT2D eigenvalue weighted by Crippen LogP contribution is 2.55. The second-order valence-corrected chi connectivity index (χ2v) is 16.0. The summed E-state index contributed by atoms with van der Waals surface area (Å²) in [6, 6.07) is 10.0. The Labute approximate surface area is 289 Å². The van der Waals surface area contributed by atoms with Gasteiger partial charge in [-0.1, -0.05) is 95.3 Å². The molecule has 0 saturated heterocycles. The minimum absolute atomic E-state index is 0.0280. The molecule has 2 fully saturated rings. The van der Waals surface area contributed by atoms with E-state index in [9.17, 15) is 19.5 Å². The molecule has 2 aliphatic rings. The Hall–Kier alpha value is -3.03. The van der Waals surface area contributed by atoms with Crippen LogP contribution in [0.15, 0.2) is 49.1 Å². The number of rotatable bonds is 15. The quantitative estimate of drug-likeness (QED) is 0.162. The maximum absolute atomic E-state index is 14.2. The lowest BCUT2D eigenvalue weighted by Gasteiger charge is -2.43. The van der Waals surface area contributed by atoms with Crippen molar-refractivity contribution in [3.63, 3.8) is 0 Å². The molecule has 9 heteroatoms. The van der Waals surface area contributed by atoms with Crippen LogP contribution in [0.1, 0.15) is 114 Å². The van der Waals surface area contributed by atoms with Gasteiger partial charge in [0.15, 0.2) is 0 Å². The lowest BCUT2D eigenvalue weighted by Crippen LogP contribution is -2.51. The minimum atomic E-state index is -1.36. The monoisotopic (exact) mass is 684 g/mol. The first kappa shape index (κ1) is 36.8. The zero-order chi connectivity index (χ0) is 34.8. The third-order valence-corrected chi connectivity index (χ3v) is 11.0. The van der Waals surface area contributed by atoms with Crippen molar-refractivity contribution in [1.29, 1.82) is 0 Å². The van der Waals surface area contributed by atoms with Gasteiger partial charge in [-0.15, -0.1) is 6.58 Å². The normalized spacial score (nSPS) is 21.1. The van der Waals surface area contributed by atoms with Gasteiger partial charge in [0.05, 0.1) is 22.7 Å². The van der Waals surface area contributed by atoms with Gasteiger partial charge >= 0.3 is 5.97 Å². The van der Waals surface area contributed by atoms with Crippen molar-refractivity contribution in [3.05, 3.63) is 70.2 Å². The number of methoxy groups -OCH3 is 1. The van der Waals surface area contributed by atoms with Crippen LogP contribution in [-0.2, 0) is 9.59 Å². The molecular formula is C38H50Cl2N2O5. The summed E-state index contributed by atoms with van der Waals surface area (Å²) in [5.41, 5.74) is -0.649. The fourth-order valence-corrected chi connectivity index (χ4v) is 8.96. The standard InChI is InChI=1S/C38H50Cl2N2O5/c1-8-12-25(9-2)36(5,6)22-35(3,4)23-37(17-10-11-18-37)33(44)42-38(34(45)46)21-28(38)24-13-15-26(16-14-24)41-32(43)31-29(39)19-27(47-7)20-30(31)40/h9,13-16,19-20,25,28H,2,8,10-12,17-18,21-23H2,1,3-7H3,(H,41,43)(H,42,44)(H,45,46). The number of nitrogens with one attached hydrogen (secondary N) is 2. The summed E-state index contributed by atoms with van der Waals surface area (Å²) in [6.45, 7) is 15.4. The summed E-state index contributed by atoms with van der Waals surface area (Å²) >= 11 is 12.6.